The number of rotatable bonds is 6. The summed E-state index contributed by atoms with van der Waals surface area (Å²) in [6.07, 6.45) is 0.435. The average Bonchev–Trinajstić information content (AvgIpc) is 3.07. The number of morpholine rings is 1. The predicted octanol–water partition coefficient (Wildman–Crippen LogP) is 2.04. The molecule has 9 heteroatoms. The number of aromatic nitrogens is 4. The second kappa shape index (κ2) is 8.50. The van der Waals surface area contributed by atoms with E-state index in [4.69, 9.17) is 4.74 Å². The summed E-state index contributed by atoms with van der Waals surface area (Å²) in [5.74, 6) is 0.183. The molecule has 3 rings (SSSR count). The Morgan fingerprint density at radius 2 is 1.96 bits per heavy atom. The number of hydrogen-bond donors (Lipinski definition) is 1. The van der Waals surface area contributed by atoms with Gasteiger partial charge in [0.25, 0.3) is 0 Å². The highest BCUT2D eigenvalue weighted by molar-refractivity contribution is 7.99. The van der Waals surface area contributed by atoms with Gasteiger partial charge < -0.3 is 15.0 Å². The van der Waals surface area contributed by atoms with Gasteiger partial charge in [-0.2, -0.15) is 0 Å². The van der Waals surface area contributed by atoms with Crippen LogP contribution in [0.15, 0.2) is 29.4 Å². The highest BCUT2D eigenvalue weighted by Gasteiger charge is 2.22. The van der Waals surface area contributed by atoms with Crippen LogP contribution in [0.2, 0.25) is 0 Å². The van der Waals surface area contributed by atoms with Crippen molar-refractivity contribution in [2.24, 2.45) is 0 Å². The van der Waals surface area contributed by atoms with Crippen molar-refractivity contribution in [1.29, 1.82) is 0 Å². The minimum absolute atomic E-state index is 0.0815. The van der Waals surface area contributed by atoms with Crippen LogP contribution in [0.5, 0.6) is 0 Å². The first kappa shape index (κ1) is 18.7. The van der Waals surface area contributed by atoms with Crippen molar-refractivity contribution in [3.8, 4) is 0 Å². The van der Waals surface area contributed by atoms with E-state index in [1.54, 1.807) is 4.68 Å². The van der Waals surface area contributed by atoms with Crippen LogP contribution in [0, 0.1) is 0 Å². The van der Waals surface area contributed by atoms with Crippen LogP contribution in [0.25, 0.3) is 0 Å². The van der Waals surface area contributed by atoms with E-state index in [2.05, 4.69) is 39.6 Å². The molecule has 1 aromatic carbocycles. The van der Waals surface area contributed by atoms with E-state index < -0.39 is 0 Å². The number of carbonyl (C=O) groups is 1. The fourth-order valence-corrected chi connectivity index (χ4v) is 3.71. The molecular formula is C17H24N6O2S. The van der Waals surface area contributed by atoms with Gasteiger partial charge in [-0.25, -0.2) is 4.68 Å². The third-order valence-corrected chi connectivity index (χ3v) is 5.02. The number of tetrazole rings is 1. The van der Waals surface area contributed by atoms with Crippen molar-refractivity contribution in [3.63, 3.8) is 0 Å². The molecule has 26 heavy (non-hydrogen) atoms. The Balaban J connectivity index is 1.53. The molecule has 140 valence electrons. The Labute approximate surface area is 157 Å². The summed E-state index contributed by atoms with van der Waals surface area (Å²) in [4.78, 5) is 14.5. The molecule has 1 amide bonds. The van der Waals surface area contributed by atoms with Crippen molar-refractivity contribution in [1.82, 2.24) is 20.2 Å². The zero-order valence-electron chi connectivity index (χ0n) is 15.3. The van der Waals surface area contributed by atoms with Gasteiger partial charge in [0.15, 0.2) is 0 Å². The van der Waals surface area contributed by atoms with Crippen molar-refractivity contribution < 1.29 is 9.53 Å². The second-order valence-electron chi connectivity index (χ2n) is 6.32. The number of aryl methyl sites for hydroxylation is 1. The molecule has 0 saturated carbocycles. The molecule has 1 aromatic heterocycles. The zero-order valence-corrected chi connectivity index (χ0v) is 16.1. The zero-order chi connectivity index (χ0) is 18.5. The first-order valence-electron chi connectivity index (χ1n) is 8.74. The molecule has 1 aliphatic heterocycles. The molecule has 0 radical (unpaired) electrons. The number of benzene rings is 1. The maximum absolute atomic E-state index is 12.1. The third-order valence-electron chi connectivity index (χ3n) is 4.07. The summed E-state index contributed by atoms with van der Waals surface area (Å²) in [6.45, 7) is 8.56. The lowest BCUT2D eigenvalue weighted by Gasteiger charge is -2.36. The Bertz CT molecular complexity index is 725. The topological polar surface area (TPSA) is 85.2 Å². The molecule has 8 nitrogen and oxygen atoms in total. The van der Waals surface area contributed by atoms with E-state index in [1.165, 1.54) is 11.8 Å². The second-order valence-corrected chi connectivity index (χ2v) is 7.27. The minimum atomic E-state index is -0.0815. The molecule has 0 bridgehead atoms. The number of amides is 1. The molecule has 2 heterocycles. The normalized spacial score (nSPS) is 20.2. The van der Waals surface area contributed by atoms with Gasteiger partial charge in [-0.15, -0.1) is 5.10 Å². The van der Waals surface area contributed by atoms with E-state index >= 15 is 0 Å². The Morgan fingerprint density at radius 3 is 2.62 bits per heavy atom. The monoisotopic (exact) mass is 376 g/mol. The van der Waals surface area contributed by atoms with E-state index in [9.17, 15) is 4.79 Å². The molecule has 1 fully saturated rings. The van der Waals surface area contributed by atoms with Crippen LogP contribution in [-0.2, 0) is 16.1 Å². The summed E-state index contributed by atoms with van der Waals surface area (Å²) in [7, 11) is 0. The molecule has 2 unspecified atom stereocenters. The Hall–Kier alpha value is -2.13. The van der Waals surface area contributed by atoms with Crippen molar-refractivity contribution >= 4 is 29.0 Å². The first-order chi connectivity index (χ1) is 12.5. The van der Waals surface area contributed by atoms with Gasteiger partial charge in [0.05, 0.1) is 18.0 Å². The highest BCUT2D eigenvalue weighted by Crippen LogP contribution is 2.22. The lowest BCUT2D eigenvalue weighted by Crippen LogP contribution is -2.45. The van der Waals surface area contributed by atoms with Gasteiger partial charge in [0.1, 0.15) is 0 Å². The molecule has 2 aromatic rings. The quantitative estimate of drug-likeness (QED) is 0.772. The first-order valence-corrected chi connectivity index (χ1v) is 9.73. The minimum Gasteiger partial charge on any atom is -0.372 e. The van der Waals surface area contributed by atoms with Crippen molar-refractivity contribution in [2.45, 2.75) is 44.7 Å². The number of nitrogens with one attached hydrogen (secondary N) is 1. The van der Waals surface area contributed by atoms with Crippen molar-refractivity contribution in [2.75, 3.05) is 29.1 Å². The molecular weight excluding hydrogens is 352 g/mol. The van der Waals surface area contributed by atoms with E-state index in [0.29, 0.717) is 11.7 Å². The average molecular weight is 376 g/mol. The molecule has 0 spiro atoms. The number of anilines is 2. The van der Waals surface area contributed by atoms with Crippen LogP contribution < -0.4 is 10.2 Å². The molecule has 2 atom stereocenters. The Kier molecular flexibility index (Phi) is 6.10. The smallest absolute Gasteiger partial charge is 0.234 e. The number of hydrogen-bond acceptors (Lipinski definition) is 7. The van der Waals surface area contributed by atoms with E-state index in [1.807, 2.05) is 31.2 Å². The summed E-state index contributed by atoms with van der Waals surface area (Å²) in [5, 5.41) is 14.9. The molecule has 1 aliphatic rings. The van der Waals surface area contributed by atoms with Gasteiger partial charge in [-0.05, 0) is 55.5 Å². The fraction of sp³-hybridized carbons (Fsp3) is 0.529. The van der Waals surface area contributed by atoms with Gasteiger partial charge in [-0.1, -0.05) is 11.8 Å². The van der Waals surface area contributed by atoms with Crippen LogP contribution >= 0.6 is 11.8 Å². The van der Waals surface area contributed by atoms with Gasteiger partial charge in [-0.3, -0.25) is 4.79 Å². The number of nitrogens with zero attached hydrogens (tertiary/aromatic N) is 5. The lowest BCUT2D eigenvalue weighted by molar-refractivity contribution is -0.113. The molecule has 0 aliphatic carbocycles. The molecule has 1 saturated heterocycles. The Morgan fingerprint density at radius 1 is 1.27 bits per heavy atom. The van der Waals surface area contributed by atoms with Crippen LogP contribution in [-0.4, -0.2) is 57.2 Å². The lowest BCUT2D eigenvalue weighted by atomic mass is 10.2. The van der Waals surface area contributed by atoms with Gasteiger partial charge in [0.2, 0.25) is 11.1 Å². The van der Waals surface area contributed by atoms with E-state index in [-0.39, 0.29) is 23.9 Å². The van der Waals surface area contributed by atoms with E-state index in [0.717, 1.165) is 24.5 Å². The van der Waals surface area contributed by atoms with Crippen LogP contribution in [0.1, 0.15) is 20.8 Å². The fourth-order valence-electron chi connectivity index (χ4n) is 2.97. The maximum Gasteiger partial charge on any atom is 0.234 e. The number of carbonyl (C=O) groups excluding carboxylic acids is 1. The summed E-state index contributed by atoms with van der Waals surface area (Å²) >= 11 is 1.32. The number of ether oxygens (including phenoxy) is 1. The summed E-state index contributed by atoms with van der Waals surface area (Å²) in [5.41, 5.74) is 1.92. The summed E-state index contributed by atoms with van der Waals surface area (Å²) < 4.78 is 7.44. The highest BCUT2D eigenvalue weighted by atomic mass is 32.2. The summed E-state index contributed by atoms with van der Waals surface area (Å²) in [6, 6.07) is 7.92. The van der Waals surface area contributed by atoms with Gasteiger partial charge >= 0.3 is 0 Å². The van der Waals surface area contributed by atoms with Crippen molar-refractivity contribution in [3.05, 3.63) is 24.3 Å². The third kappa shape index (κ3) is 4.73. The maximum atomic E-state index is 12.1. The SMILES string of the molecule is CCn1nnnc1SCC(=O)Nc1ccc(N2CC(C)OC(C)C2)cc1. The largest absolute Gasteiger partial charge is 0.372 e. The van der Waals surface area contributed by atoms with Crippen LogP contribution in [0.3, 0.4) is 0 Å². The van der Waals surface area contributed by atoms with Gasteiger partial charge in [0, 0.05) is 31.0 Å². The number of thioether (sulfide) groups is 1. The standard InChI is InChI=1S/C17H24N6O2S/c1-4-23-17(19-20-21-23)26-11-16(24)18-14-5-7-15(8-6-14)22-9-12(2)25-13(3)10-22/h5-8,12-13H,4,9-11H2,1-3H3,(H,18,24). The predicted molar refractivity (Wildman–Crippen MR) is 102 cm³/mol. The van der Waals surface area contributed by atoms with Crippen LogP contribution in [0.4, 0.5) is 11.4 Å². The molecule has 1 N–H and O–H groups in total.